The molecule has 110 valence electrons. The van der Waals surface area contributed by atoms with E-state index in [4.69, 9.17) is 5.73 Å². The van der Waals surface area contributed by atoms with Gasteiger partial charge in [-0.2, -0.15) is 0 Å². The first-order valence-corrected chi connectivity index (χ1v) is 6.54. The van der Waals surface area contributed by atoms with Gasteiger partial charge in [-0.25, -0.2) is 8.78 Å². The van der Waals surface area contributed by atoms with E-state index in [2.05, 4.69) is 5.32 Å². The smallest absolute Gasteiger partial charge is 0.255 e. The highest BCUT2D eigenvalue weighted by molar-refractivity contribution is 6.04. The fraction of sp³-hybridized carbons (Fsp3) is 0.188. The molecule has 0 spiro atoms. The molecule has 0 saturated carbocycles. The molecule has 5 heteroatoms. The average Bonchev–Trinajstić information content (AvgIpc) is 2.44. The molecular formula is C16H16F2N2O. The Bertz CT molecular complexity index is 661. The van der Waals surface area contributed by atoms with Crippen LogP contribution in [0.5, 0.6) is 0 Å². The van der Waals surface area contributed by atoms with Crippen LogP contribution in [-0.2, 0) is 0 Å². The summed E-state index contributed by atoms with van der Waals surface area (Å²) >= 11 is 0. The van der Waals surface area contributed by atoms with Gasteiger partial charge in [0.1, 0.15) is 17.3 Å². The number of nitrogens with two attached hydrogens (primary N) is 1. The summed E-state index contributed by atoms with van der Waals surface area (Å²) in [6, 6.07) is 9.14. The molecule has 0 heterocycles. The second-order valence-corrected chi connectivity index (χ2v) is 5.09. The summed E-state index contributed by atoms with van der Waals surface area (Å²) < 4.78 is 26.7. The molecule has 1 amide bonds. The summed E-state index contributed by atoms with van der Waals surface area (Å²) in [7, 11) is 0. The molecule has 0 aliphatic heterocycles. The highest BCUT2D eigenvalue weighted by Crippen LogP contribution is 2.21. The number of carbonyl (C=O) groups excluding carboxylic acids is 1. The number of anilines is 2. The van der Waals surface area contributed by atoms with Crippen molar-refractivity contribution in [2.24, 2.45) is 0 Å². The molecule has 3 N–H and O–H groups in total. The second kappa shape index (κ2) is 5.91. The topological polar surface area (TPSA) is 55.1 Å². The zero-order chi connectivity index (χ0) is 15.6. The van der Waals surface area contributed by atoms with Crippen LogP contribution >= 0.6 is 0 Å². The molecule has 0 radical (unpaired) electrons. The maximum atomic E-state index is 13.4. The molecule has 2 aromatic carbocycles. The Morgan fingerprint density at radius 1 is 1.14 bits per heavy atom. The van der Waals surface area contributed by atoms with E-state index in [1.165, 1.54) is 0 Å². The Hall–Kier alpha value is -2.43. The molecule has 0 atom stereocenters. The van der Waals surface area contributed by atoms with E-state index in [0.29, 0.717) is 11.6 Å². The van der Waals surface area contributed by atoms with Crippen LogP contribution in [-0.4, -0.2) is 5.91 Å². The van der Waals surface area contributed by atoms with Crippen LogP contribution < -0.4 is 11.1 Å². The van der Waals surface area contributed by atoms with Gasteiger partial charge >= 0.3 is 0 Å². The number of halogens is 2. The van der Waals surface area contributed by atoms with Crippen molar-refractivity contribution < 1.29 is 13.6 Å². The Kier molecular flexibility index (Phi) is 4.21. The highest BCUT2D eigenvalue weighted by Gasteiger charge is 2.13. The third-order valence-electron chi connectivity index (χ3n) is 3.15. The van der Waals surface area contributed by atoms with Crippen molar-refractivity contribution in [2.45, 2.75) is 19.8 Å². The summed E-state index contributed by atoms with van der Waals surface area (Å²) in [4.78, 5) is 12.0. The maximum Gasteiger partial charge on any atom is 0.255 e. The van der Waals surface area contributed by atoms with E-state index in [1.807, 2.05) is 32.0 Å². The summed E-state index contributed by atoms with van der Waals surface area (Å²) in [6.07, 6.45) is 0. The molecule has 0 unspecified atom stereocenters. The Morgan fingerprint density at radius 2 is 1.76 bits per heavy atom. The van der Waals surface area contributed by atoms with Crippen molar-refractivity contribution >= 4 is 17.3 Å². The van der Waals surface area contributed by atoms with E-state index in [9.17, 15) is 13.6 Å². The zero-order valence-corrected chi connectivity index (χ0v) is 11.8. The number of carbonyl (C=O) groups is 1. The van der Waals surface area contributed by atoms with Crippen LogP contribution in [0.3, 0.4) is 0 Å². The number of hydrogen-bond acceptors (Lipinski definition) is 2. The van der Waals surface area contributed by atoms with Crippen molar-refractivity contribution in [2.75, 3.05) is 11.1 Å². The molecule has 3 nitrogen and oxygen atoms in total. The van der Waals surface area contributed by atoms with Crippen LogP contribution in [0, 0.1) is 11.6 Å². The molecule has 2 rings (SSSR count). The van der Waals surface area contributed by atoms with Gasteiger partial charge in [0.05, 0.1) is 0 Å². The molecule has 0 aliphatic carbocycles. The number of rotatable bonds is 3. The number of nitrogen functional groups attached to an aromatic ring is 1. The largest absolute Gasteiger partial charge is 0.394 e. The van der Waals surface area contributed by atoms with Gasteiger partial charge in [-0.3, -0.25) is 4.79 Å². The minimum atomic E-state index is -0.948. The summed E-state index contributed by atoms with van der Waals surface area (Å²) in [5, 5.41) is 2.61. The number of hydrogen-bond donors (Lipinski definition) is 2. The molecule has 2 aromatic rings. The summed E-state index contributed by atoms with van der Waals surface area (Å²) in [5.41, 5.74) is 6.10. The quantitative estimate of drug-likeness (QED) is 0.842. The predicted molar refractivity (Wildman–Crippen MR) is 79.3 cm³/mol. The van der Waals surface area contributed by atoms with Crippen molar-refractivity contribution in [3.63, 3.8) is 0 Å². The predicted octanol–water partition coefficient (Wildman–Crippen LogP) is 3.92. The molecule has 21 heavy (non-hydrogen) atoms. The van der Waals surface area contributed by atoms with Gasteiger partial charge in [0, 0.05) is 11.3 Å². The third kappa shape index (κ3) is 3.37. The normalized spacial score (nSPS) is 10.7. The van der Waals surface area contributed by atoms with Crippen LogP contribution in [0.25, 0.3) is 0 Å². The SMILES string of the molecule is CC(C)c1cccc(NC(=O)c2cc(F)c(N)c(F)c2)c1. The fourth-order valence-corrected chi connectivity index (χ4v) is 1.89. The Balaban J connectivity index is 2.24. The first kappa shape index (κ1) is 15.0. The minimum Gasteiger partial charge on any atom is -0.394 e. The molecule has 0 bridgehead atoms. The molecule has 0 saturated heterocycles. The van der Waals surface area contributed by atoms with E-state index in [-0.39, 0.29) is 5.56 Å². The monoisotopic (exact) mass is 290 g/mol. The standard InChI is InChI=1S/C16H16F2N2O/c1-9(2)10-4-3-5-12(6-10)20-16(21)11-7-13(17)15(19)14(18)8-11/h3-9H,19H2,1-2H3,(H,20,21). The van der Waals surface area contributed by atoms with Crippen molar-refractivity contribution in [3.8, 4) is 0 Å². The van der Waals surface area contributed by atoms with Gasteiger partial charge in [-0.05, 0) is 35.7 Å². The lowest BCUT2D eigenvalue weighted by molar-refractivity contribution is 0.102. The molecule has 0 aliphatic rings. The molecular weight excluding hydrogens is 274 g/mol. The van der Waals surface area contributed by atoms with Gasteiger partial charge in [-0.1, -0.05) is 26.0 Å². The minimum absolute atomic E-state index is 0.117. The highest BCUT2D eigenvalue weighted by atomic mass is 19.1. The van der Waals surface area contributed by atoms with E-state index >= 15 is 0 Å². The summed E-state index contributed by atoms with van der Waals surface area (Å²) in [5.74, 6) is -2.17. The van der Waals surface area contributed by atoms with Gasteiger partial charge in [0.25, 0.3) is 5.91 Å². The maximum absolute atomic E-state index is 13.4. The zero-order valence-electron chi connectivity index (χ0n) is 11.8. The van der Waals surface area contributed by atoms with E-state index in [1.54, 1.807) is 6.07 Å². The lowest BCUT2D eigenvalue weighted by Gasteiger charge is -2.10. The lowest BCUT2D eigenvalue weighted by atomic mass is 10.0. The van der Waals surface area contributed by atoms with Crippen molar-refractivity contribution in [3.05, 3.63) is 59.2 Å². The van der Waals surface area contributed by atoms with Gasteiger partial charge in [0.15, 0.2) is 0 Å². The van der Waals surface area contributed by atoms with Gasteiger partial charge in [-0.15, -0.1) is 0 Å². The third-order valence-corrected chi connectivity index (χ3v) is 3.15. The van der Waals surface area contributed by atoms with Crippen LogP contribution in [0.2, 0.25) is 0 Å². The van der Waals surface area contributed by atoms with Gasteiger partial charge < -0.3 is 11.1 Å². The number of benzene rings is 2. The second-order valence-electron chi connectivity index (χ2n) is 5.09. The number of amides is 1. The first-order valence-electron chi connectivity index (χ1n) is 6.54. The first-order chi connectivity index (χ1) is 9.88. The van der Waals surface area contributed by atoms with E-state index < -0.39 is 23.2 Å². The Morgan fingerprint density at radius 3 is 2.33 bits per heavy atom. The average molecular weight is 290 g/mol. The molecule has 0 fully saturated rings. The fourth-order valence-electron chi connectivity index (χ4n) is 1.89. The lowest BCUT2D eigenvalue weighted by Crippen LogP contribution is -2.13. The van der Waals surface area contributed by atoms with E-state index in [0.717, 1.165) is 17.7 Å². The van der Waals surface area contributed by atoms with Crippen LogP contribution in [0.1, 0.15) is 35.7 Å². The van der Waals surface area contributed by atoms with Gasteiger partial charge in [0.2, 0.25) is 0 Å². The number of nitrogens with one attached hydrogen (secondary N) is 1. The molecule has 0 aromatic heterocycles. The van der Waals surface area contributed by atoms with Crippen LogP contribution in [0.4, 0.5) is 20.2 Å². The summed E-state index contributed by atoms with van der Waals surface area (Å²) in [6.45, 7) is 4.07. The Labute approximate surface area is 121 Å². The van der Waals surface area contributed by atoms with Crippen molar-refractivity contribution in [1.82, 2.24) is 0 Å². The van der Waals surface area contributed by atoms with Crippen molar-refractivity contribution in [1.29, 1.82) is 0 Å². The van der Waals surface area contributed by atoms with Crippen LogP contribution in [0.15, 0.2) is 36.4 Å².